The Morgan fingerprint density at radius 3 is 2.74 bits per heavy atom. The van der Waals surface area contributed by atoms with E-state index in [1.54, 1.807) is 6.07 Å². The largest absolute Gasteiger partial charge is 0.494 e. The van der Waals surface area contributed by atoms with Crippen LogP contribution in [0.15, 0.2) is 18.2 Å². The highest BCUT2D eigenvalue weighted by Crippen LogP contribution is 2.35. The molecule has 0 atom stereocenters. The molecule has 4 rings (SSSR count). The van der Waals surface area contributed by atoms with E-state index in [9.17, 15) is 4.39 Å². The molecular formula is C22H26FN3O. The third kappa shape index (κ3) is 3.68. The number of nitrogens with one attached hydrogen (secondary N) is 1. The Labute approximate surface area is 159 Å². The molecule has 1 aliphatic rings. The number of benzene rings is 1. The highest BCUT2D eigenvalue weighted by molar-refractivity contribution is 5.91. The molecule has 2 aromatic heterocycles. The van der Waals surface area contributed by atoms with Gasteiger partial charge in [0.25, 0.3) is 0 Å². The number of imidazole rings is 1. The van der Waals surface area contributed by atoms with E-state index < -0.39 is 0 Å². The van der Waals surface area contributed by atoms with Crippen molar-refractivity contribution in [2.75, 3.05) is 7.11 Å². The van der Waals surface area contributed by atoms with E-state index in [1.807, 2.05) is 6.92 Å². The highest BCUT2D eigenvalue weighted by atomic mass is 19.1. The SMILES string of the molecule is CCc1nc2c(-c3cc(F)c(OC)cc3C)nc(CCCC3CC3)cc2[nH]1. The van der Waals surface area contributed by atoms with Crippen LogP contribution in [0.2, 0.25) is 0 Å². The molecule has 4 nitrogen and oxygen atoms in total. The van der Waals surface area contributed by atoms with Crippen molar-refractivity contribution in [3.8, 4) is 17.0 Å². The van der Waals surface area contributed by atoms with E-state index in [2.05, 4.69) is 18.0 Å². The van der Waals surface area contributed by atoms with E-state index >= 15 is 0 Å². The first-order chi connectivity index (χ1) is 13.1. The lowest BCUT2D eigenvalue weighted by molar-refractivity contribution is 0.386. The number of aromatic nitrogens is 3. The number of nitrogens with zero attached hydrogens (tertiary/aromatic N) is 2. The van der Waals surface area contributed by atoms with Crippen molar-refractivity contribution in [3.63, 3.8) is 0 Å². The van der Waals surface area contributed by atoms with Crippen LogP contribution in [0.5, 0.6) is 5.75 Å². The normalized spacial score (nSPS) is 14.1. The van der Waals surface area contributed by atoms with E-state index in [-0.39, 0.29) is 11.6 Å². The van der Waals surface area contributed by atoms with Crippen molar-refractivity contribution < 1.29 is 9.13 Å². The van der Waals surface area contributed by atoms with Crippen LogP contribution in [0.1, 0.15) is 49.7 Å². The number of pyridine rings is 1. The summed E-state index contributed by atoms with van der Waals surface area (Å²) < 4.78 is 19.5. The van der Waals surface area contributed by atoms with E-state index in [0.29, 0.717) is 0 Å². The number of ether oxygens (including phenoxy) is 1. The number of rotatable bonds is 7. The first-order valence-corrected chi connectivity index (χ1v) is 9.82. The molecule has 5 heteroatoms. The molecule has 0 spiro atoms. The highest BCUT2D eigenvalue weighted by Gasteiger charge is 2.21. The van der Waals surface area contributed by atoms with Gasteiger partial charge in [0.2, 0.25) is 0 Å². The fourth-order valence-corrected chi connectivity index (χ4v) is 3.65. The van der Waals surface area contributed by atoms with E-state index in [4.69, 9.17) is 14.7 Å². The number of H-pyrrole nitrogens is 1. The van der Waals surface area contributed by atoms with Gasteiger partial charge in [0.05, 0.1) is 18.3 Å². The molecule has 2 heterocycles. The predicted octanol–water partition coefficient (Wildman–Crippen LogP) is 5.38. The quantitative estimate of drug-likeness (QED) is 0.610. The van der Waals surface area contributed by atoms with Crippen molar-refractivity contribution in [3.05, 3.63) is 41.1 Å². The third-order valence-electron chi connectivity index (χ3n) is 5.40. The molecule has 27 heavy (non-hydrogen) atoms. The van der Waals surface area contributed by atoms with Crippen LogP contribution in [0, 0.1) is 18.7 Å². The Hall–Kier alpha value is -2.43. The fraction of sp³-hybridized carbons (Fsp3) is 0.455. The van der Waals surface area contributed by atoms with Crippen LogP contribution in [0.3, 0.4) is 0 Å². The summed E-state index contributed by atoms with van der Waals surface area (Å²) in [6, 6.07) is 5.35. The van der Waals surface area contributed by atoms with E-state index in [1.165, 1.54) is 32.4 Å². The third-order valence-corrected chi connectivity index (χ3v) is 5.40. The van der Waals surface area contributed by atoms with Crippen molar-refractivity contribution >= 4 is 11.0 Å². The van der Waals surface area contributed by atoms with Gasteiger partial charge in [-0.15, -0.1) is 0 Å². The summed E-state index contributed by atoms with van der Waals surface area (Å²) in [5, 5.41) is 0. The summed E-state index contributed by atoms with van der Waals surface area (Å²) in [5.41, 5.74) is 5.29. The number of hydrogen-bond acceptors (Lipinski definition) is 3. The number of hydrogen-bond donors (Lipinski definition) is 1. The smallest absolute Gasteiger partial charge is 0.165 e. The molecule has 3 aromatic rings. The maximum Gasteiger partial charge on any atom is 0.165 e. The molecule has 0 radical (unpaired) electrons. The summed E-state index contributed by atoms with van der Waals surface area (Å²) in [6.45, 7) is 4.03. The zero-order valence-electron chi connectivity index (χ0n) is 16.2. The van der Waals surface area contributed by atoms with Gasteiger partial charge in [-0.3, -0.25) is 4.98 Å². The van der Waals surface area contributed by atoms with E-state index in [0.717, 1.165) is 64.6 Å². The van der Waals surface area contributed by atoms with Crippen molar-refractivity contribution in [1.29, 1.82) is 0 Å². The summed E-state index contributed by atoms with van der Waals surface area (Å²) in [6.07, 6.45) is 6.94. The molecule has 0 saturated heterocycles. The lowest BCUT2D eigenvalue weighted by Gasteiger charge is -2.11. The van der Waals surface area contributed by atoms with Crippen LogP contribution in [0.4, 0.5) is 4.39 Å². The summed E-state index contributed by atoms with van der Waals surface area (Å²) in [7, 11) is 1.48. The molecule has 1 fully saturated rings. The molecule has 0 aliphatic heterocycles. The van der Waals surface area contributed by atoms with Crippen LogP contribution < -0.4 is 4.74 Å². The second kappa shape index (κ2) is 7.29. The topological polar surface area (TPSA) is 50.8 Å². The molecule has 1 N–H and O–H groups in total. The first-order valence-electron chi connectivity index (χ1n) is 9.82. The molecule has 1 saturated carbocycles. The van der Waals surface area contributed by atoms with Gasteiger partial charge in [-0.1, -0.05) is 26.2 Å². The molecule has 1 aromatic carbocycles. The Bertz CT molecular complexity index is 975. The number of halogens is 1. The van der Waals surface area contributed by atoms with Crippen LogP contribution >= 0.6 is 0 Å². The molecule has 0 bridgehead atoms. The molecule has 1 aliphatic carbocycles. The lowest BCUT2D eigenvalue weighted by Crippen LogP contribution is -1.98. The van der Waals surface area contributed by atoms with Crippen LogP contribution in [-0.2, 0) is 12.8 Å². The second-order valence-electron chi connectivity index (χ2n) is 7.53. The monoisotopic (exact) mass is 367 g/mol. The predicted molar refractivity (Wildman–Crippen MR) is 106 cm³/mol. The minimum absolute atomic E-state index is 0.254. The Balaban J connectivity index is 1.79. The first kappa shape index (κ1) is 18.0. The van der Waals surface area contributed by atoms with Crippen molar-refractivity contribution in [2.24, 2.45) is 5.92 Å². The maximum atomic E-state index is 14.4. The van der Waals surface area contributed by atoms with Gasteiger partial charge in [-0.2, -0.15) is 0 Å². The van der Waals surface area contributed by atoms with Gasteiger partial charge in [-0.25, -0.2) is 9.37 Å². The lowest BCUT2D eigenvalue weighted by atomic mass is 10.0. The molecule has 0 amide bonds. The van der Waals surface area contributed by atoms with Gasteiger partial charge in [0.1, 0.15) is 11.3 Å². The van der Waals surface area contributed by atoms with Gasteiger partial charge >= 0.3 is 0 Å². The number of fused-ring (bicyclic) bond motifs is 1. The van der Waals surface area contributed by atoms with Crippen LogP contribution in [0.25, 0.3) is 22.3 Å². The van der Waals surface area contributed by atoms with Crippen molar-refractivity contribution in [1.82, 2.24) is 15.0 Å². The standard InChI is InChI=1S/C22H26FN3O/c1-4-20-25-18-11-15(7-5-6-14-8-9-14)24-21(22(18)26-20)16-12-17(23)19(27-3)10-13(16)2/h10-12,14H,4-9H2,1-3H3,(H,25,26). The van der Waals surface area contributed by atoms with Gasteiger partial charge < -0.3 is 9.72 Å². The van der Waals surface area contributed by atoms with Gasteiger partial charge in [0.15, 0.2) is 11.6 Å². The Morgan fingerprint density at radius 2 is 2.04 bits per heavy atom. The zero-order valence-corrected chi connectivity index (χ0v) is 16.2. The average molecular weight is 367 g/mol. The fourth-order valence-electron chi connectivity index (χ4n) is 3.65. The van der Waals surface area contributed by atoms with Gasteiger partial charge in [0, 0.05) is 17.7 Å². The molecule has 0 unspecified atom stereocenters. The molecular weight excluding hydrogens is 341 g/mol. The summed E-state index contributed by atoms with van der Waals surface area (Å²) >= 11 is 0. The Morgan fingerprint density at radius 1 is 1.22 bits per heavy atom. The minimum Gasteiger partial charge on any atom is -0.494 e. The summed E-state index contributed by atoms with van der Waals surface area (Å²) in [4.78, 5) is 13.0. The number of aromatic amines is 1. The number of methoxy groups -OCH3 is 1. The zero-order chi connectivity index (χ0) is 19.0. The van der Waals surface area contributed by atoms with Gasteiger partial charge in [-0.05, 0) is 49.4 Å². The Kier molecular flexibility index (Phi) is 4.85. The summed E-state index contributed by atoms with van der Waals surface area (Å²) in [5.74, 6) is 1.72. The number of aryl methyl sites for hydroxylation is 3. The molecule has 142 valence electrons. The van der Waals surface area contributed by atoms with Crippen LogP contribution in [-0.4, -0.2) is 22.1 Å². The average Bonchev–Trinajstić information content (AvgIpc) is 3.39. The maximum absolute atomic E-state index is 14.4. The second-order valence-corrected chi connectivity index (χ2v) is 7.53. The van der Waals surface area contributed by atoms with Crippen molar-refractivity contribution in [2.45, 2.75) is 52.4 Å². The minimum atomic E-state index is -0.376.